The van der Waals surface area contributed by atoms with E-state index in [0.29, 0.717) is 40.6 Å². The zero-order valence-corrected chi connectivity index (χ0v) is 18.3. The number of carbonyl (C=O) groups excluding carboxylic acids is 1. The molecule has 4 rings (SSSR count). The molecule has 0 fully saturated rings. The van der Waals surface area contributed by atoms with Gasteiger partial charge in [0.2, 0.25) is 5.91 Å². The number of hydrogen-bond donors (Lipinski definition) is 1. The highest BCUT2D eigenvalue weighted by atomic mass is 32.2. The van der Waals surface area contributed by atoms with Gasteiger partial charge in [0.15, 0.2) is 10.8 Å². The third kappa shape index (κ3) is 4.97. The molecule has 2 aromatic carbocycles. The van der Waals surface area contributed by atoms with Gasteiger partial charge in [0.05, 0.1) is 23.9 Å². The van der Waals surface area contributed by atoms with Crippen molar-refractivity contribution in [2.75, 3.05) is 18.2 Å². The highest BCUT2D eigenvalue weighted by Gasteiger charge is 2.15. The summed E-state index contributed by atoms with van der Waals surface area (Å²) in [5.41, 5.74) is 1.93. The zero-order chi connectivity index (χ0) is 22.3. The molecule has 4 aromatic rings. The molecule has 162 valence electrons. The van der Waals surface area contributed by atoms with Crippen LogP contribution in [0.4, 0.5) is 5.69 Å². The van der Waals surface area contributed by atoms with Crippen molar-refractivity contribution in [1.29, 1.82) is 0 Å². The summed E-state index contributed by atoms with van der Waals surface area (Å²) in [5.74, 6) is 0.455. The molecule has 32 heavy (non-hydrogen) atoms. The molecular weight excluding hydrogens is 424 g/mol. The molecular formula is C24H22N4O3S. The number of pyridine rings is 1. The van der Waals surface area contributed by atoms with Crippen LogP contribution in [-0.2, 0) is 17.8 Å². The van der Waals surface area contributed by atoms with Gasteiger partial charge in [0.1, 0.15) is 5.75 Å². The SMILES string of the molecule is COc1ccccc1NC(=O)CSc1nc2ncccc2c(=O)n1CCc1ccccc1. The summed E-state index contributed by atoms with van der Waals surface area (Å²) in [5, 5.41) is 3.77. The van der Waals surface area contributed by atoms with Gasteiger partial charge in [-0.25, -0.2) is 9.97 Å². The normalized spacial score (nSPS) is 10.8. The van der Waals surface area contributed by atoms with Gasteiger partial charge in [-0.05, 0) is 36.2 Å². The van der Waals surface area contributed by atoms with Crippen LogP contribution in [0.2, 0.25) is 0 Å². The average molecular weight is 447 g/mol. The molecule has 0 bridgehead atoms. The van der Waals surface area contributed by atoms with Crippen molar-refractivity contribution in [3.8, 4) is 5.75 Å². The molecule has 1 amide bonds. The number of aryl methyl sites for hydroxylation is 1. The van der Waals surface area contributed by atoms with E-state index in [1.807, 2.05) is 42.5 Å². The first-order valence-corrected chi connectivity index (χ1v) is 11.1. The van der Waals surface area contributed by atoms with Gasteiger partial charge in [0, 0.05) is 12.7 Å². The van der Waals surface area contributed by atoms with Crippen LogP contribution in [0.15, 0.2) is 82.9 Å². The standard InChI is InChI=1S/C24H22N4O3S/c1-31-20-12-6-5-11-19(20)26-21(29)16-32-24-27-22-18(10-7-14-25-22)23(30)28(24)15-13-17-8-3-2-4-9-17/h2-12,14H,13,15-16H2,1H3,(H,26,29). The molecule has 0 spiro atoms. The highest BCUT2D eigenvalue weighted by molar-refractivity contribution is 7.99. The Bertz CT molecular complexity index is 1290. The number of carbonyl (C=O) groups is 1. The van der Waals surface area contributed by atoms with Crippen molar-refractivity contribution in [2.24, 2.45) is 0 Å². The number of fused-ring (bicyclic) bond motifs is 1. The minimum Gasteiger partial charge on any atom is -0.495 e. The van der Waals surface area contributed by atoms with Gasteiger partial charge in [-0.2, -0.15) is 0 Å². The van der Waals surface area contributed by atoms with E-state index in [1.165, 1.54) is 11.8 Å². The fourth-order valence-electron chi connectivity index (χ4n) is 3.29. The van der Waals surface area contributed by atoms with Gasteiger partial charge in [-0.1, -0.05) is 54.2 Å². The topological polar surface area (TPSA) is 86.1 Å². The number of amides is 1. The van der Waals surface area contributed by atoms with Gasteiger partial charge in [-0.15, -0.1) is 0 Å². The van der Waals surface area contributed by atoms with E-state index in [0.717, 1.165) is 5.56 Å². The van der Waals surface area contributed by atoms with E-state index < -0.39 is 0 Å². The summed E-state index contributed by atoms with van der Waals surface area (Å²) in [6.45, 7) is 0.455. The molecule has 2 heterocycles. The monoisotopic (exact) mass is 446 g/mol. The molecule has 1 N–H and O–H groups in total. The molecule has 0 saturated heterocycles. The van der Waals surface area contributed by atoms with Crippen LogP contribution in [0, 0.1) is 0 Å². The van der Waals surface area contributed by atoms with Crippen LogP contribution in [0.3, 0.4) is 0 Å². The Kier molecular flexibility index (Phi) is 6.81. The smallest absolute Gasteiger partial charge is 0.263 e. The molecule has 7 nitrogen and oxygen atoms in total. The van der Waals surface area contributed by atoms with E-state index >= 15 is 0 Å². The van der Waals surface area contributed by atoms with Crippen molar-refractivity contribution in [3.63, 3.8) is 0 Å². The second-order valence-corrected chi connectivity index (χ2v) is 7.94. The van der Waals surface area contributed by atoms with Crippen molar-refractivity contribution in [3.05, 3.63) is 88.8 Å². The molecule has 0 unspecified atom stereocenters. The first kappa shape index (κ1) is 21.6. The number of para-hydroxylation sites is 2. The third-order valence-corrected chi connectivity index (χ3v) is 5.85. The van der Waals surface area contributed by atoms with Crippen LogP contribution >= 0.6 is 11.8 Å². The summed E-state index contributed by atoms with van der Waals surface area (Å²) in [6.07, 6.45) is 2.28. The summed E-state index contributed by atoms with van der Waals surface area (Å²) >= 11 is 1.21. The van der Waals surface area contributed by atoms with Crippen LogP contribution < -0.4 is 15.6 Å². The summed E-state index contributed by atoms with van der Waals surface area (Å²) < 4.78 is 6.90. The van der Waals surface area contributed by atoms with E-state index in [1.54, 1.807) is 42.1 Å². The van der Waals surface area contributed by atoms with Crippen LogP contribution in [0.25, 0.3) is 11.0 Å². The third-order valence-electron chi connectivity index (χ3n) is 4.88. The number of rotatable bonds is 8. The van der Waals surface area contributed by atoms with Gasteiger partial charge in [-0.3, -0.25) is 14.2 Å². The Labute approximate surface area is 189 Å². The molecule has 0 aliphatic rings. The summed E-state index contributed by atoms with van der Waals surface area (Å²) in [6, 6.07) is 20.6. The molecule has 0 radical (unpaired) electrons. The van der Waals surface area contributed by atoms with Gasteiger partial charge in [0.25, 0.3) is 5.56 Å². The quantitative estimate of drug-likeness (QED) is 0.328. The minimum absolute atomic E-state index is 0.0914. The number of methoxy groups -OCH3 is 1. The Morgan fingerprint density at radius 2 is 1.84 bits per heavy atom. The maximum absolute atomic E-state index is 13.1. The zero-order valence-electron chi connectivity index (χ0n) is 17.5. The fraction of sp³-hybridized carbons (Fsp3) is 0.167. The lowest BCUT2D eigenvalue weighted by Gasteiger charge is -2.13. The Hall–Kier alpha value is -3.65. The maximum Gasteiger partial charge on any atom is 0.263 e. The molecule has 0 aliphatic carbocycles. The predicted molar refractivity (Wildman–Crippen MR) is 126 cm³/mol. The second kappa shape index (κ2) is 10.1. The first-order chi connectivity index (χ1) is 15.7. The van der Waals surface area contributed by atoms with Crippen molar-refractivity contribution in [2.45, 2.75) is 18.1 Å². The van der Waals surface area contributed by atoms with Crippen LogP contribution in [0.5, 0.6) is 5.75 Å². The number of aromatic nitrogens is 3. The number of ether oxygens (including phenoxy) is 1. The van der Waals surface area contributed by atoms with E-state index in [2.05, 4.69) is 15.3 Å². The number of thioether (sulfide) groups is 1. The molecule has 0 aliphatic heterocycles. The van der Waals surface area contributed by atoms with Crippen molar-refractivity contribution >= 4 is 34.4 Å². The van der Waals surface area contributed by atoms with Crippen molar-refractivity contribution in [1.82, 2.24) is 14.5 Å². The first-order valence-electron chi connectivity index (χ1n) is 10.1. The Balaban J connectivity index is 1.56. The number of hydrogen-bond acceptors (Lipinski definition) is 6. The van der Waals surface area contributed by atoms with Crippen molar-refractivity contribution < 1.29 is 9.53 Å². The number of benzene rings is 2. The lowest BCUT2D eigenvalue weighted by Crippen LogP contribution is -2.25. The number of nitrogens with zero attached hydrogens (tertiary/aromatic N) is 3. The number of anilines is 1. The van der Waals surface area contributed by atoms with E-state index in [4.69, 9.17) is 4.74 Å². The van der Waals surface area contributed by atoms with Gasteiger partial charge < -0.3 is 10.1 Å². The Morgan fingerprint density at radius 1 is 1.06 bits per heavy atom. The highest BCUT2D eigenvalue weighted by Crippen LogP contribution is 2.24. The largest absolute Gasteiger partial charge is 0.495 e. The lowest BCUT2D eigenvalue weighted by molar-refractivity contribution is -0.113. The molecule has 8 heteroatoms. The average Bonchev–Trinajstić information content (AvgIpc) is 2.83. The number of nitrogens with one attached hydrogen (secondary N) is 1. The maximum atomic E-state index is 13.1. The molecule has 0 saturated carbocycles. The van der Waals surface area contributed by atoms with E-state index in [-0.39, 0.29) is 17.2 Å². The molecule has 0 atom stereocenters. The molecule has 2 aromatic heterocycles. The predicted octanol–water partition coefficient (Wildman–Crippen LogP) is 3.77. The van der Waals surface area contributed by atoms with E-state index in [9.17, 15) is 9.59 Å². The second-order valence-electron chi connectivity index (χ2n) is 7.00. The summed E-state index contributed by atoms with van der Waals surface area (Å²) in [7, 11) is 1.55. The summed E-state index contributed by atoms with van der Waals surface area (Å²) in [4.78, 5) is 34.5. The Morgan fingerprint density at radius 3 is 2.66 bits per heavy atom. The minimum atomic E-state index is -0.218. The van der Waals surface area contributed by atoms with Crippen LogP contribution in [0.1, 0.15) is 5.56 Å². The van der Waals surface area contributed by atoms with Gasteiger partial charge >= 0.3 is 0 Å². The fourth-order valence-corrected chi connectivity index (χ4v) is 4.11. The van der Waals surface area contributed by atoms with Crippen LogP contribution in [-0.4, -0.2) is 33.3 Å². The lowest BCUT2D eigenvalue weighted by atomic mass is 10.1.